The van der Waals surface area contributed by atoms with E-state index in [1.54, 1.807) is 17.3 Å². The van der Waals surface area contributed by atoms with Gasteiger partial charge in [0.15, 0.2) is 0 Å². The van der Waals surface area contributed by atoms with Crippen LogP contribution in [0.15, 0.2) is 60.0 Å². The first kappa shape index (κ1) is 19.6. The Labute approximate surface area is 167 Å². The fourth-order valence-corrected chi connectivity index (χ4v) is 3.50. The van der Waals surface area contributed by atoms with Crippen molar-refractivity contribution in [1.29, 1.82) is 0 Å². The van der Waals surface area contributed by atoms with Gasteiger partial charge in [-0.2, -0.15) is 0 Å². The Morgan fingerprint density at radius 2 is 1.89 bits per heavy atom. The largest absolute Gasteiger partial charge is 0.491 e. The maximum Gasteiger partial charge on any atom is 0.268 e. The molecule has 1 aliphatic rings. The van der Waals surface area contributed by atoms with Crippen molar-refractivity contribution in [2.24, 2.45) is 5.73 Å². The third-order valence-corrected chi connectivity index (χ3v) is 5.03. The molecule has 3 aromatic rings. The summed E-state index contributed by atoms with van der Waals surface area (Å²) >= 11 is 1.46. The van der Waals surface area contributed by atoms with Gasteiger partial charge in [-0.3, -0.25) is 9.59 Å². The van der Waals surface area contributed by atoms with Crippen LogP contribution in [0, 0.1) is 0 Å². The number of primary amides is 1. The van der Waals surface area contributed by atoms with Crippen LogP contribution in [0.3, 0.4) is 0 Å². The highest BCUT2D eigenvalue weighted by atomic mass is 32.1. The summed E-state index contributed by atoms with van der Waals surface area (Å²) in [6, 6.07) is 17.6. The number of amides is 2. The Hall–Kier alpha value is -3.19. The van der Waals surface area contributed by atoms with Crippen molar-refractivity contribution in [2.45, 2.75) is 12.8 Å². The van der Waals surface area contributed by atoms with Gasteiger partial charge in [0.05, 0.1) is 23.7 Å². The number of thiazole rings is 1. The minimum atomic E-state index is -0.467. The normalized spacial score (nSPS) is 12.9. The highest BCUT2D eigenvalue weighted by Gasteiger charge is 2.18. The molecule has 2 aromatic carbocycles. The smallest absolute Gasteiger partial charge is 0.268 e. The Kier molecular flexibility index (Phi) is 6.39. The molecule has 2 heterocycles. The van der Waals surface area contributed by atoms with Gasteiger partial charge in [-0.05, 0) is 17.7 Å². The predicted molar refractivity (Wildman–Crippen MR) is 110 cm³/mol. The zero-order valence-electron chi connectivity index (χ0n) is 15.5. The average Bonchev–Trinajstić information content (AvgIpc) is 3.12. The topological polar surface area (TPSA) is 85.5 Å². The molecule has 0 saturated heterocycles. The molecule has 0 atom stereocenters. The molecule has 0 fully saturated rings. The number of carbonyl (C=O) groups is 2. The van der Waals surface area contributed by atoms with Crippen molar-refractivity contribution in [1.82, 2.24) is 4.98 Å². The van der Waals surface area contributed by atoms with Gasteiger partial charge >= 0.3 is 0 Å². The maximum absolute atomic E-state index is 11.4. The van der Waals surface area contributed by atoms with Gasteiger partial charge in [-0.25, -0.2) is 4.98 Å². The molecule has 6 nitrogen and oxygen atoms in total. The molecule has 0 bridgehead atoms. The summed E-state index contributed by atoms with van der Waals surface area (Å²) in [4.78, 5) is 28.0. The molecule has 0 radical (unpaired) electrons. The predicted octanol–water partition coefficient (Wildman–Crippen LogP) is 3.26. The second-order valence-corrected chi connectivity index (χ2v) is 7.11. The molecule has 144 valence electrons. The zero-order chi connectivity index (χ0) is 19.9. The van der Waals surface area contributed by atoms with Crippen LogP contribution in [0.2, 0.25) is 0 Å². The second kappa shape index (κ2) is 9.14. The standard InChI is InChI=1S/C11H10N2OS.C10H11NO2/c12-11(14)9-7-15-10(13-9)6-8-4-2-1-3-5-8;1-11-8-4-2-3-5-9(8)13-7-6-10(11)12/h1-5,7H,6H2,(H2,12,14);2-5H,6-7H2,1H3. The van der Waals surface area contributed by atoms with Crippen LogP contribution in [0.25, 0.3) is 0 Å². The number of carbonyl (C=O) groups excluding carboxylic acids is 2. The average molecular weight is 395 g/mol. The second-order valence-electron chi connectivity index (χ2n) is 6.17. The van der Waals surface area contributed by atoms with Crippen LogP contribution in [0.5, 0.6) is 5.75 Å². The first-order valence-corrected chi connectivity index (χ1v) is 9.69. The molecule has 1 aliphatic heterocycles. The lowest BCUT2D eigenvalue weighted by molar-refractivity contribution is -0.118. The lowest BCUT2D eigenvalue weighted by atomic mass is 10.2. The minimum absolute atomic E-state index is 0.102. The Morgan fingerprint density at radius 1 is 1.18 bits per heavy atom. The van der Waals surface area contributed by atoms with E-state index in [1.807, 2.05) is 54.6 Å². The van der Waals surface area contributed by atoms with Gasteiger partial charge in [-0.1, -0.05) is 42.5 Å². The maximum atomic E-state index is 11.4. The van der Waals surface area contributed by atoms with Gasteiger partial charge in [0.2, 0.25) is 5.91 Å². The number of hydrogen-bond acceptors (Lipinski definition) is 5. The monoisotopic (exact) mass is 395 g/mol. The van der Waals surface area contributed by atoms with Crippen molar-refractivity contribution in [3.63, 3.8) is 0 Å². The van der Waals surface area contributed by atoms with Gasteiger partial charge < -0.3 is 15.4 Å². The van der Waals surface area contributed by atoms with Gasteiger partial charge in [0, 0.05) is 18.8 Å². The number of ether oxygens (including phenoxy) is 1. The van der Waals surface area contributed by atoms with Crippen molar-refractivity contribution in [3.05, 3.63) is 76.2 Å². The molecule has 4 rings (SSSR count). The van der Waals surface area contributed by atoms with Gasteiger partial charge in [0.25, 0.3) is 5.91 Å². The number of nitrogens with two attached hydrogens (primary N) is 1. The van der Waals surface area contributed by atoms with E-state index in [0.717, 1.165) is 22.9 Å². The van der Waals surface area contributed by atoms with Crippen molar-refractivity contribution in [2.75, 3.05) is 18.6 Å². The van der Waals surface area contributed by atoms with E-state index in [1.165, 1.54) is 16.9 Å². The Bertz CT molecular complexity index is 956. The first-order chi connectivity index (χ1) is 13.5. The molecule has 2 amide bonds. The molecule has 2 N–H and O–H groups in total. The quantitative estimate of drug-likeness (QED) is 0.738. The van der Waals surface area contributed by atoms with Crippen LogP contribution < -0.4 is 15.4 Å². The summed E-state index contributed by atoms with van der Waals surface area (Å²) in [6.07, 6.45) is 1.20. The third-order valence-electron chi connectivity index (χ3n) is 4.18. The SMILES string of the molecule is CN1C(=O)CCOc2ccccc21.NC(=O)c1csc(Cc2ccccc2)n1. The molecule has 1 aromatic heterocycles. The minimum Gasteiger partial charge on any atom is -0.491 e. The van der Waals surface area contributed by atoms with E-state index >= 15 is 0 Å². The van der Waals surface area contributed by atoms with Crippen molar-refractivity contribution < 1.29 is 14.3 Å². The van der Waals surface area contributed by atoms with Crippen LogP contribution in [0.1, 0.15) is 27.5 Å². The highest BCUT2D eigenvalue weighted by Crippen LogP contribution is 2.29. The summed E-state index contributed by atoms with van der Waals surface area (Å²) in [7, 11) is 1.77. The fraction of sp³-hybridized carbons (Fsp3) is 0.190. The Balaban J connectivity index is 0.000000162. The number of hydrogen-bond donors (Lipinski definition) is 1. The number of nitrogens with zero attached hydrogens (tertiary/aromatic N) is 2. The zero-order valence-corrected chi connectivity index (χ0v) is 16.3. The van der Waals surface area contributed by atoms with E-state index in [0.29, 0.717) is 18.7 Å². The lowest BCUT2D eigenvalue weighted by Gasteiger charge is -2.15. The van der Waals surface area contributed by atoms with Crippen LogP contribution >= 0.6 is 11.3 Å². The number of aromatic nitrogens is 1. The summed E-state index contributed by atoms with van der Waals surface area (Å²) in [5, 5.41) is 2.61. The summed E-state index contributed by atoms with van der Waals surface area (Å²) < 4.78 is 5.43. The molecule has 0 aliphatic carbocycles. The number of para-hydroxylation sites is 2. The van der Waals surface area contributed by atoms with Crippen molar-refractivity contribution >= 4 is 28.8 Å². The van der Waals surface area contributed by atoms with E-state index in [2.05, 4.69) is 4.98 Å². The molecule has 28 heavy (non-hydrogen) atoms. The van der Waals surface area contributed by atoms with Crippen LogP contribution in [0.4, 0.5) is 5.69 Å². The number of fused-ring (bicyclic) bond motifs is 1. The van der Waals surface area contributed by atoms with Gasteiger partial charge in [0.1, 0.15) is 11.4 Å². The highest BCUT2D eigenvalue weighted by molar-refractivity contribution is 7.09. The third kappa shape index (κ3) is 4.95. The van der Waals surface area contributed by atoms with E-state index in [-0.39, 0.29) is 5.91 Å². The van der Waals surface area contributed by atoms with Crippen LogP contribution in [-0.4, -0.2) is 30.5 Å². The number of anilines is 1. The van der Waals surface area contributed by atoms with E-state index in [9.17, 15) is 9.59 Å². The lowest BCUT2D eigenvalue weighted by Crippen LogP contribution is -2.24. The summed E-state index contributed by atoms with van der Waals surface area (Å²) in [6.45, 7) is 0.472. The number of benzene rings is 2. The van der Waals surface area contributed by atoms with Gasteiger partial charge in [-0.15, -0.1) is 11.3 Å². The molecular weight excluding hydrogens is 374 g/mol. The molecule has 0 spiro atoms. The van der Waals surface area contributed by atoms with E-state index < -0.39 is 5.91 Å². The first-order valence-electron chi connectivity index (χ1n) is 8.81. The molecule has 7 heteroatoms. The number of rotatable bonds is 3. The fourth-order valence-electron chi connectivity index (χ4n) is 2.68. The van der Waals surface area contributed by atoms with Crippen molar-refractivity contribution in [3.8, 4) is 5.75 Å². The molecule has 0 saturated carbocycles. The molecule has 0 unspecified atom stereocenters. The summed E-state index contributed by atoms with van der Waals surface area (Å²) in [5.41, 5.74) is 7.51. The van der Waals surface area contributed by atoms with E-state index in [4.69, 9.17) is 10.5 Å². The molecular formula is C21H21N3O3S. The van der Waals surface area contributed by atoms with Crippen LogP contribution in [-0.2, 0) is 11.2 Å². The summed E-state index contributed by atoms with van der Waals surface area (Å²) in [5.74, 6) is 0.423. The Morgan fingerprint density at radius 3 is 2.61 bits per heavy atom.